The molecule has 5 heteroatoms. The maximum absolute atomic E-state index is 12.1. The van der Waals surface area contributed by atoms with E-state index in [0.717, 1.165) is 10.5 Å². The monoisotopic (exact) mass is 265 g/mol. The highest BCUT2D eigenvalue weighted by Gasteiger charge is 2.51. The topological polar surface area (TPSA) is 66.4 Å². The summed E-state index contributed by atoms with van der Waals surface area (Å²) < 4.78 is 0. The number of hydrogen-bond acceptors (Lipinski definition) is 3. The van der Waals surface area contributed by atoms with Crippen molar-refractivity contribution in [3.63, 3.8) is 0 Å². The Bertz CT molecular complexity index is 509. The molecule has 1 aliphatic carbocycles. The fraction of sp³-hybridized carbons (Fsp3) is 0.385. The van der Waals surface area contributed by atoms with Crippen LogP contribution in [0.2, 0.25) is 0 Å². The van der Waals surface area contributed by atoms with Gasteiger partial charge < -0.3 is 10.4 Å². The van der Waals surface area contributed by atoms with E-state index in [2.05, 4.69) is 5.32 Å². The highest BCUT2D eigenvalue weighted by atomic mass is 32.2. The standard InChI is InChI=1S/C13H15NO3S/c1-8-3-4-9(18-2)7-10(8)11(15)14-13(5-6-13)12(16)17/h3-4,7H,5-6H2,1-2H3,(H,14,15)(H,16,17). The molecule has 4 nitrogen and oxygen atoms in total. The molecule has 0 saturated heterocycles. The third-order valence-corrected chi connectivity index (χ3v) is 3.93. The number of carboxylic acids is 1. The first-order valence-corrected chi connectivity index (χ1v) is 6.91. The lowest BCUT2D eigenvalue weighted by Gasteiger charge is -2.14. The molecule has 1 saturated carbocycles. The Labute approximate surface area is 110 Å². The second-order valence-corrected chi connectivity index (χ2v) is 5.40. The van der Waals surface area contributed by atoms with Gasteiger partial charge in [-0.3, -0.25) is 4.79 Å². The molecule has 2 N–H and O–H groups in total. The molecular formula is C13H15NO3S. The third-order valence-electron chi connectivity index (χ3n) is 3.20. The Balaban J connectivity index is 2.21. The number of rotatable bonds is 4. The molecule has 0 bridgehead atoms. The van der Waals surface area contributed by atoms with Crippen molar-refractivity contribution in [2.45, 2.75) is 30.2 Å². The molecule has 1 amide bonds. The maximum Gasteiger partial charge on any atom is 0.329 e. The van der Waals surface area contributed by atoms with Crippen LogP contribution in [-0.4, -0.2) is 28.8 Å². The number of carboxylic acid groups (broad SMARTS) is 1. The predicted molar refractivity (Wildman–Crippen MR) is 70.0 cm³/mol. The SMILES string of the molecule is CSc1ccc(C)c(C(=O)NC2(C(=O)O)CC2)c1. The zero-order valence-corrected chi connectivity index (χ0v) is 11.1. The predicted octanol–water partition coefficient (Wildman–Crippen LogP) is 2.06. The maximum atomic E-state index is 12.1. The first kappa shape index (κ1) is 13.0. The van der Waals surface area contributed by atoms with Gasteiger partial charge in [-0.15, -0.1) is 11.8 Å². The molecule has 0 aromatic heterocycles. The first-order chi connectivity index (χ1) is 8.48. The Morgan fingerprint density at radius 2 is 2.06 bits per heavy atom. The van der Waals surface area contributed by atoms with Gasteiger partial charge in [0.15, 0.2) is 0 Å². The number of thioether (sulfide) groups is 1. The number of benzene rings is 1. The van der Waals surface area contributed by atoms with Gasteiger partial charge in [-0.05, 0) is 43.7 Å². The van der Waals surface area contributed by atoms with Crippen LogP contribution < -0.4 is 5.32 Å². The molecule has 1 fully saturated rings. The summed E-state index contributed by atoms with van der Waals surface area (Å²) in [5, 5.41) is 11.7. The molecule has 1 aromatic carbocycles. The minimum Gasteiger partial charge on any atom is -0.480 e. The fourth-order valence-electron chi connectivity index (χ4n) is 1.77. The largest absolute Gasteiger partial charge is 0.480 e. The van der Waals surface area contributed by atoms with Crippen LogP contribution in [-0.2, 0) is 4.79 Å². The number of aryl methyl sites for hydroxylation is 1. The van der Waals surface area contributed by atoms with Crippen LogP contribution in [0.3, 0.4) is 0 Å². The summed E-state index contributed by atoms with van der Waals surface area (Å²) in [7, 11) is 0. The van der Waals surface area contributed by atoms with Gasteiger partial charge in [-0.2, -0.15) is 0 Å². The summed E-state index contributed by atoms with van der Waals surface area (Å²) in [6, 6.07) is 5.62. The number of nitrogens with one attached hydrogen (secondary N) is 1. The van der Waals surface area contributed by atoms with Crippen LogP contribution in [0.1, 0.15) is 28.8 Å². The molecular weight excluding hydrogens is 250 g/mol. The van der Waals surface area contributed by atoms with E-state index in [1.165, 1.54) is 0 Å². The first-order valence-electron chi connectivity index (χ1n) is 5.69. The van der Waals surface area contributed by atoms with Gasteiger partial charge in [0.2, 0.25) is 0 Å². The van der Waals surface area contributed by atoms with Crippen LogP contribution in [0.25, 0.3) is 0 Å². The third kappa shape index (κ3) is 2.36. The second kappa shape index (κ2) is 4.65. The van der Waals surface area contributed by atoms with Gasteiger partial charge in [0.1, 0.15) is 5.54 Å². The summed E-state index contributed by atoms with van der Waals surface area (Å²) in [4.78, 5) is 24.1. The second-order valence-electron chi connectivity index (χ2n) is 4.52. The van der Waals surface area contributed by atoms with E-state index in [0.29, 0.717) is 18.4 Å². The van der Waals surface area contributed by atoms with Crippen LogP contribution >= 0.6 is 11.8 Å². The number of amides is 1. The minimum absolute atomic E-state index is 0.302. The Morgan fingerprint density at radius 1 is 1.39 bits per heavy atom. The van der Waals surface area contributed by atoms with Crippen LogP contribution in [0.15, 0.2) is 23.1 Å². The van der Waals surface area contributed by atoms with Gasteiger partial charge in [0.25, 0.3) is 5.91 Å². The van der Waals surface area contributed by atoms with Crippen molar-refractivity contribution in [2.75, 3.05) is 6.26 Å². The van der Waals surface area contributed by atoms with Crippen LogP contribution in [0.4, 0.5) is 0 Å². The summed E-state index contributed by atoms with van der Waals surface area (Å²) >= 11 is 1.55. The molecule has 0 aliphatic heterocycles. The molecule has 1 aromatic rings. The molecule has 2 rings (SSSR count). The van der Waals surface area contributed by atoms with Gasteiger partial charge in [-0.25, -0.2) is 4.79 Å². The summed E-state index contributed by atoms with van der Waals surface area (Å²) in [5.41, 5.74) is 0.375. The number of aliphatic carboxylic acids is 1. The van der Waals surface area contributed by atoms with Crippen molar-refractivity contribution in [3.8, 4) is 0 Å². The lowest BCUT2D eigenvalue weighted by Crippen LogP contribution is -2.43. The van der Waals surface area contributed by atoms with Crippen molar-refractivity contribution in [1.29, 1.82) is 0 Å². The van der Waals surface area contributed by atoms with E-state index in [-0.39, 0.29) is 5.91 Å². The van der Waals surface area contributed by atoms with E-state index in [1.807, 2.05) is 25.3 Å². The quantitative estimate of drug-likeness (QED) is 0.818. The lowest BCUT2D eigenvalue weighted by molar-refractivity contribution is -0.140. The molecule has 0 radical (unpaired) electrons. The van der Waals surface area contributed by atoms with E-state index in [1.54, 1.807) is 17.8 Å². The van der Waals surface area contributed by atoms with E-state index in [4.69, 9.17) is 5.11 Å². The fourth-order valence-corrected chi connectivity index (χ4v) is 2.21. The zero-order valence-electron chi connectivity index (χ0n) is 10.3. The molecule has 0 heterocycles. The number of hydrogen-bond donors (Lipinski definition) is 2. The number of carbonyl (C=O) groups is 2. The Kier molecular flexibility index (Phi) is 3.34. The van der Waals surface area contributed by atoms with E-state index >= 15 is 0 Å². The molecule has 1 aliphatic rings. The smallest absolute Gasteiger partial charge is 0.329 e. The molecule has 0 spiro atoms. The van der Waals surface area contributed by atoms with Gasteiger partial charge in [-0.1, -0.05) is 6.07 Å². The zero-order chi connectivity index (χ0) is 13.3. The van der Waals surface area contributed by atoms with E-state index < -0.39 is 11.5 Å². The molecule has 0 unspecified atom stereocenters. The molecule has 96 valence electrons. The summed E-state index contributed by atoms with van der Waals surface area (Å²) in [6.07, 6.45) is 2.96. The highest BCUT2D eigenvalue weighted by molar-refractivity contribution is 7.98. The average molecular weight is 265 g/mol. The Morgan fingerprint density at radius 3 is 2.56 bits per heavy atom. The molecule has 0 atom stereocenters. The van der Waals surface area contributed by atoms with Crippen LogP contribution in [0.5, 0.6) is 0 Å². The average Bonchev–Trinajstić information content (AvgIpc) is 3.10. The summed E-state index contributed by atoms with van der Waals surface area (Å²) in [6.45, 7) is 1.85. The number of carbonyl (C=O) groups excluding carboxylic acids is 1. The van der Waals surface area contributed by atoms with Crippen molar-refractivity contribution in [2.24, 2.45) is 0 Å². The van der Waals surface area contributed by atoms with Crippen molar-refractivity contribution in [3.05, 3.63) is 29.3 Å². The minimum atomic E-state index is -1.03. The lowest BCUT2D eigenvalue weighted by atomic mass is 10.1. The van der Waals surface area contributed by atoms with Gasteiger partial charge >= 0.3 is 5.97 Å². The van der Waals surface area contributed by atoms with Gasteiger partial charge in [0, 0.05) is 10.5 Å². The van der Waals surface area contributed by atoms with Crippen molar-refractivity contribution in [1.82, 2.24) is 5.32 Å². The van der Waals surface area contributed by atoms with Crippen LogP contribution in [0, 0.1) is 6.92 Å². The summed E-state index contributed by atoms with van der Waals surface area (Å²) in [5.74, 6) is -1.25. The normalized spacial score (nSPS) is 16.1. The Hall–Kier alpha value is -1.49. The van der Waals surface area contributed by atoms with E-state index in [9.17, 15) is 9.59 Å². The van der Waals surface area contributed by atoms with Crippen molar-refractivity contribution < 1.29 is 14.7 Å². The molecule has 18 heavy (non-hydrogen) atoms. The highest BCUT2D eigenvalue weighted by Crippen LogP contribution is 2.36. The van der Waals surface area contributed by atoms with Crippen molar-refractivity contribution >= 4 is 23.6 Å². The van der Waals surface area contributed by atoms with Gasteiger partial charge in [0.05, 0.1) is 0 Å².